The average molecular weight is 310 g/mol. The number of fused-ring (bicyclic) bond motifs is 3. The fraction of sp³-hybridized carbons (Fsp3) is 0.857. The molecule has 3 rings (SSSR count). The molecule has 3 aliphatic rings. The Bertz CT molecular complexity index is 516. The van der Waals surface area contributed by atoms with Gasteiger partial charge in [0.25, 0.3) is 0 Å². The summed E-state index contributed by atoms with van der Waals surface area (Å²) in [5.41, 5.74) is 5.64. The van der Waals surface area contributed by atoms with Gasteiger partial charge in [-0.1, -0.05) is 25.7 Å². The molecule has 0 aromatic heterocycles. The zero-order valence-electron chi connectivity index (χ0n) is 12.2. The minimum atomic E-state index is -3.17. The summed E-state index contributed by atoms with van der Waals surface area (Å²) in [6, 6.07) is 0. The molecule has 1 heterocycles. The first-order valence-electron chi connectivity index (χ1n) is 7.93. The quantitative estimate of drug-likeness (QED) is 0.255. The summed E-state index contributed by atoms with van der Waals surface area (Å²) in [5.74, 6) is 0.896. The largest absolute Gasteiger partial charge is 0.369 e. The highest BCUT2D eigenvalue weighted by Crippen LogP contribution is 2.67. The molecule has 1 saturated heterocycles. The van der Waals surface area contributed by atoms with E-state index in [0.29, 0.717) is 11.8 Å². The highest BCUT2D eigenvalue weighted by atomic mass is 31.2. The van der Waals surface area contributed by atoms with Gasteiger partial charge in [0.05, 0.1) is 11.8 Å². The van der Waals surface area contributed by atoms with Crippen LogP contribution in [0.3, 0.4) is 0 Å². The van der Waals surface area contributed by atoms with Crippen molar-refractivity contribution in [1.82, 2.24) is 5.32 Å². The highest BCUT2D eigenvalue weighted by molar-refractivity contribution is 7.58. The van der Waals surface area contributed by atoms with Crippen molar-refractivity contribution in [1.29, 1.82) is 5.26 Å². The lowest BCUT2D eigenvalue weighted by molar-refractivity contribution is 0.0174. The summed E-state index contributed by atoms with van der Waals surface area (Å²) in [4.78, 5) is 0. The smallest absolute Gasteiger partial charge is 0.321 e. The number of nitriles is 1. The number of guanidine groups is 1. The monoisotopic (exact) mass is 310 g/mol. The molecule has 3 fully saturated rings. The van der Waals surface area contributed by atoms with Crippen LogP contribution in [-0.2, 0) is 9.09 Å². The van der Waals surface area contributed by atoms with Crippen LogP contribution >= 0.6 is 7.52 Å². The number of nitrogens with two attached hydrogens (primary N) is 1. The van der Waals surface area contributed by atoms with Crippen molar-refractivity contribution < 1.29 is 9.09 Å². The standard InChI is InChI=1S/C14H23N4O2P/c15-9-17-14(16)18-21(19)13-8-4-2-6-11(13)10-5-1-3-7-12(10)20-21/h10-13H,1-8H2,(H3,16,17,18,19). The van der Waals surface area contributed by atoms with Crippen molar-refractivity contribution in [3.63, 3.8) is 0 Å². The molecule has 0 bridgehead atoms. The first kappa shape index (κ1) is 14.9. The van der Waals surface area contributed by atoms with E-state index >= 15 is 0 Å². The maximum Gasteiger partial charge on any atom is 0.321 e. The van der Waals surface area contributed by atoms with Gasteiger partial charge in [-0.15, -0.1) is 0 Å². The molecule has 6 nitrogen and oxygen atoms in total. The van der Waals surface area contributed by atoms with Crippen molar-refractivity contribution in [2.45, 2.75) is 63.1 Å². The van der Waals surface area contributed by atoms with E-state index in [1.807, 2.05) is 0 Å². The van der Waals surface area contributed by atoms with Gasteiger partial charge in [-0.25, -0.2) is 0 Å². The summed E-state index contributed by atoms with van der Waals surface area (Å²) >= 11 is 0. The Balaban J connectivity index is 1.90. The zero-order chi connectivity index (χ0) is 14.9. The molecule has 7 heteroatoms. The topological polar surface area (TPSA) is 101 Å². The van der Waals surface area contributed by atoms with Gasteiger partial charge in [-0.05, 0) is 37.5 Å². The average Bonchev–Trinajstić information content (AvgIpc) is 2.47. The molecular formula is C14H23N4O2P. The summed E-state index contributed by atoms with van der Waals surface area (Å²) in [6.07, 6.45) is 10.6. The molecule has 3 N–H and O–H groups in total. The normalized spacial score (nSPS) is 43.3. The molecule has 2 aliphatic carbocycles. The van der Waals surface area contributed by atoms with Crippen LogP contribution in [0.25, 0.3) is 0 Å². The molecule has 0 aromatic rings. The Morgan fingerprint density at radius 1 is 1.19 bits per heavy atom. The molecule has 21 heavy (non-hydrogen) atoms. The minimum Gasteiger partial charge on any atom is -0.369 e. The van der Waals surface area contributed by atoms with Crippen molar-refractivity contribution in [3.05, 3.63) is 0 Å². The molecule has 2 saturated carbocycles. The SMILES string of the molecule is N#CNC(N)=NP1(=O)OC2CCCCC2C2CCCCC21. The number of nitrogens with zero attached hydrogens (tertiary/aromatic N) is 2. The van der Waals surface area contributed by atoms with E-state index in [1.165, 1.54) is 19.3 Å². The minimum absolute atomic E-state index is 0.00959. The van der Waals surface area contributed by atoms with Crippen molar-refractivity contribution in [3.8, 4) is 6.19 Å². The Kier molecular flexibility index (Phi) is 4.24. The number of nitrogens with one attached hydrogen (secondary N) is 1. The molecule has 1 aliphatic heterocycles. The van der Waals surface area contributed by atoms with Gasteiger partial charge in [0.15, 0.2) is 6.19 Å². The van der Waals surface area contributed by atoms with Crippen LogP contribution in [-0.4, -0.2) is 17.7 Å². The zero-order valence-corrected chi connectivity index (χ0v) is 13.1. The van der Waals surface area contributed by atoms with E-state index in [-0.39, 0.29) is 17.7 Å². The van der Waals surface area contributed by atoms with E-state index in [2.05, 4.69) is 10.1 Å². The number of rotatable bonds is 1. The summed E-state index contributed by atoms with van der Waals surface area (Å²) in [7, 11) is -3.17. The van der Waals surface area contributed by atoms with E-state index < -0.39 is 7.52 Å². The van der Waals surface area contributed by atoms with Gasteiger partial charge in [0, 0.05) is 0 Å². The molecule has 0 spiro atoms. The van der Waals surface area contributed by atoms with Crippen LogP contribution in [0.5, 0.6) is 0 Å². The third-order valence-corrected chi connectivity index (χ3v) is 7.77. The predicted octanol–water partition coefficient (Wildman–Crippen LogP) is 2.71. The maximum absolute atomic E-state index is 13.3. The van der Waals surface area contributed by atoms with Crippen LogP contribution in [0.15, 0.2) is 4.76 Å². The third-order valence-electron chi connectivity index (χ3n) is 5.22. The van der Waals surface area contributed by atoms with Crippen molar-refractivity contribution in [2.75, 3.05) is 0 Å². The molecule has 116 valence electrons. The maximum atomic E-state index is 13.3. The Hall–Kier alpha value is -1.05. The van der Waals surface area contributed by atoms with Crippen LogP contribution in [0.1, 0.15) is 51.4 Å². The first-order chi connectivity index (χ1) is 10.1. The van der Waals surface area contributed by atoms with Crippen LogP contribution < -0.4 is 11.1 Å². The molecule has 0 radical (unpaired) electrons. The molecule has 0 aromatic carbocycles. The van der Waals surface area contributed by atoms with Gasteiger partial charge in [0.1, 0.15) is 0 Å². The van der Waals surface area contributed by atoms with E-state index in [0.717, 1.165) is 32.1 Å². The lowest BCUT2D eigenvalue weighted by atomic mass is 9.71. The van der Waals surface area contributed by atoms with Crippen molar-refractivity contribution >= 4 is 13.5 Å². The Morgan fingerprint density at radius 2 is 1.86 bits per heavy atom. The third kappa shape index (κ3) is 2.82. The summed E-state index contributed by atoms with van der Waals surface area (Å²) < 4.78 is 23.4. The molecule has 5 unspecified atom stereocenters. The van der Waals surface area contributed by atoms with Gasteiger partial charge >= 0.3 is 7.52 Å². The van der Waals surface area contributed by atoms with E-state index in [1.54, 1.807) is 6.19 Å². The second-order valence-corrected chi connectivity index (χ2v) is 8.60. The summed E-state index contributed by atoms with van der Waals surface area (Å²) in [6.45, 7) is 0. The predicted molar refractivity (Wildman–Crippen MR) is 80.6 cm³/mol. The van der Waals surface area contributed by atoms with Crippen LogP contribution in [0, 0.1) is 23.3 Å². The van der Waals surface area contributed by atoms with Crippen molar-refractivity contribution in [2.24, 2.45) is 22.3 Å². The second-order valence-electron chi connectivity index (χ2n) is 6.39. The van der Waals surface area contributed by atoms with Gasteiger partial charge in [0.2, 0.25) is 5.96 Å². The van der Waals surface area contributed by atoms with E-state index in [4.69, 9.17) is 15.5 Å². The Morgan fingerprint density at radius 3 is 2.62 bits per heavy atom. The summed E-state index contributed by atoms with van der Waals surface area (Å²) in [5, 5.41) is 10.9. The fourth-order valence-corrected chi connectivity index (χ4v) is 7.11. The number of hydrogen-bond donors (Lipinski definition) is 2. The highest BCUT2D eigenvalue weighted by Gasteiger charge is 2.53. The molecular weight excluding hydrogens is 287 g/mol. The van der Waals surface area contributed by atoms with Gasteiger partial charge in [-0.2, -0.15) is 10.0 Å². The lowest BCUT2D eigenvalue weighted by Crippen LogP contribution is -2.45. The Labute approximate surface area is 125 Å². The first-order valence-corrected chi connectivity index (χ1v) is 9.57. The van der Waals surface area contributed by atoms with Gasteiger partial charge in [-0.3, -0.25) is 9.88 Å². The van der Waals surface area contributed by atoms with Crippen LogP contribution in [0.2, 0.25) is 0 Å². The second kappa shape index (κ2) is 5.98. The van der Waals surface area contributed by atoms with E-state index in [9.17, 15) is 4.57 Å². The van der Waals surface area contributed by atoms with Gasteiger partial charge < -0.3 is 10.3 Å². The number of hydrogen-bond acceptors (Lipinski definition) is 3. The fourth-order valence-electron chi connectivity index (χ4n) is 4.39. The molecule has 0 amide bonds. The lowest BCUT2D eigenvalue weighted by Gasteiger charge is -2.49. The van der Waals surface area contributed by atoms with Crippen LogP contribution in [0.4, 0.5) is 0 Å². The molecule has 5 atom stereocenters.